The van der Waals surface area contributed by atoms with E-state index in [1.54, 1.807) is 19.2 Å². The molecule has 0 saturated heterocycles. The van der Waals surface area contributed by atoms with Crippen molar-refractivity contribution in [3.05, 3.63) is 39.9 Å². The molecule has 1 atom stereocenters. The van der Waals surface area contributed by atoms with Crippen molar-refractivity contribution in [2.45, 2.75) is 52.6 Å². The van der Waals surface area contributed by atoms with E-state index >= 15 is 0 Å². The third-order valence-corrected chi connectivity index (χ3v) is 4.77. The topological polar surface area (TPSA) is 92.0 Å². The zero-order valence-electron chi connectivity index (χ0n) is 18.3. The lowest BCUT2D eigenvalue weighted by Crippen LogP contribution is -2.43. The van der Waals surface area contributed by atoms with Crippen molar-refractivity contribution in [1.82, 2.24) is 15.5 Å². The van der Waals surface area contributed by atoms with Gasteiger partial charge >= 0.3 is 0 Å². The molecule has 2 N–H and O–H groups in total. The van der Waals surface area contributed by atoms with Gasteiger partial charge in [-0.3, -0.25) is 10.1 Å². The Labute approximate surface area is 174 Å². The minimum Gasteiger partial charge on any atom is -0.385 e. The summed E-state index contributed by atoms with van der Waals surface area (Å²) in [4.78, 5) is 17.5. The first-order valence-corrected chi connectivity index (χ1v) is 10.5. The summed E-state index contributed by atoms with van der Waals surface area (Å²) in [6.45, 7) is 11.8. The van der Waals surface area contributed by atoms with Crippen LogP contribution in [0.4, 0.5) is 5.69 Å². The smallest absolute Gasteiger partial charge is 0.269 e. The van der Waals surface area contributed by atoms with E-state index in [4.69, 9.17) is 4.74 Å². The first-order chi connectivity index (χ1) is 14.0. The molecule has 0 aliphatic carbocycles. The molecule has 1 aromatic rings. The maximum atomic E-state index is 10.8. The first-order valence-electron chi connectivity index (χ1n) is 10.5. The zero-order valence-corrected chi connectivity index (χ0v) is 18.3. The highest BCUT2D eigenvalue weighted by atomic mass is 16.6. The van der Waals surface area contributed by atoms with Gasteiger partial charge in [-0.05, 0) is 51.4 Å². The number of nitrogens with zero attached hydrogens (tertiary/aromatic N) is 3. The van der Waals surface area contributed by atoms with Gasteiger partial charge in [0.05, 0.1) is 11.5 Å². The normalized spacial score (nSPS) is 12.8. The van der Waals surface area contributed by atoms with Crippen molar-refractivity contribution in [2.24, 2.45) is 4.99 Å². The number of nitro benzene ring substituents is 1. The van der Waals surface area contributed by atoms with Gasteiger partial charge in [-0.25, -0.2) is 4.99 Å². The molecular weight excluding hydrogens is 370 g/mol. The Morgan fingerprint density at radius 1 is 1.24 bits per heavy atom. The molecule has 1 aromatic carbocycles. The lowest BCUT2D eigenvalue weighted by atomic mass is 10.2. The number of hydrogen-bond donors (Lipinski definition) is 2. The van der Waals surface area contributed by atoms with Crippen LogP contribution in [0, 0.1) is 10.1 Å². The van der Waals surface area contributed by atoms with Crippen LogP contribution >= 0.6 is 0 Å². The van der Waals surface area contributed by atoms with Crippen LogP contribution in [-0.4, -0.2) is 61.7 Å². The van der Waals surface area contributed by atoms with Crippen LogP contribution in [0.5, 0.6) is 0 Å². The number of non-ortho nitro benzene ring substituents is 1. The van der Waals surface area contributed by atoms with Crippen molar-refractivity contribution in [1.29, 1.82) is 0 Å². The Bertz CT molecular complexity index is 603. The molecule has 0 aliphatic rings. The third kappa shape index (κ3) is 10.8. The van der Waals surface area contributed by atoms with Crippen molar-refractivity contribution >= 4 is 11.6 Å². The average Bonchev–Trinajstić information content (AvgIpc) is 2.72. The molecule has 164 valence electrons. The molecule has 0 saturated carbocycles. The van der Waals surface area contributed by atoms with E-state index in [1.807, 2.05) is 0 Å². The number of benzene rings is 1. The highest BCUT2D eigenvalue weighted by molar-refractivity contribution is 5.80. The quantitative estimate of drug-likeness (QED) is 0.162. The molecule has 0 bridgehead atoms. The molecule has 8 heteroatoms. The minimum absolute atomic E-state index is 0.0931. The number of hydrogen-bond acceptors (Lipinski definition) is 5. The molecule has 8 nitrogen and oxygen atoms in total. The van der Waals surface area contributed by atoms with Crippen LogP contribution in [0.1, 0.15) is 45.6 Å². The summed E-state index contributed by atoms with van der Waals surface area (Å²) in [7, 11) is 1.69. The first kappa shape index (κ1) is 24.8. The minimum atomic E-state index is -0.392. The van der Waals surface area contributed by atoms with Gasteiger partial charge in [-0.1, -0.05) is 26.0 Å². The van der Waals surface area contributed by atoms with E-state index < -0.39 is 4.92 Å². The number of methoxy groups -OCH3 is 1. The molecule has 29 heavy (non-hydrogen) atoms. The van der Waals surface area contributed by atoms with Gasteiger partial charge in [-0.15, -0.1) is 0 Å². The molecule has 0 aliphatic heterocycles. The van der Waals surface area contributed by atoms with Crippen LogP contribution < -0.4 is 10.6 Å². The van der Waals surface area contributed by atoms with E-state index in [0.29, 0.717) is 19.2 Å². The van der Waals surface area contributed by atoms with Crippen LogP contribution in [0.15, 0.2) is 29.3 Å². The van der Waals surface area contributed by atoms with Crippen molar-refractivity contribution in [3.8, 4) is 0 Å². The summed E-state index contributed by atoms with van der Waals surface area (Å²) >= 11 is 0. The lowest BCUT2D eigenvalue weighted by Gasteiger charge is -2.21. The standard InChI is InChI=1S/C21H37N5O3/c1-5-25(6-2)15-7-9-18(3)24-21(22-14-8-16-29-4)23-17-19-10-12-20(13-11-19)26(27)28/h10-13,18H,5-9,14-17H2,1-4H3,(H2,22,23,24). The van der Waals surface area contributed by atoms with Crippen molar-refractivity contribution in [3.63, 3.8) is 0 Å². The molecule has 1 unspecified atom stereocenters. The number of nitro groups is 1. The predicted octanol–water partition coefficient (Wildman–Crippen LogP) is 3.18. The Balaban J connectivity index is 2.61. The molecule has 0 heterocycles. The Morgan fingerprint density at radius 2 is 1.93 bits per heavy atom. The maximum Gasteiger partial charge on any atom is 0.269 e. The fourth-order valence-corrected chi connectivity index (χ4v) is 2.94. The largest absolute Gasteiger partial charge is 0.385 e. The summed E-state index contributed by atoms with van der Waals surface area (Å²) in [5, 5.41) is 17.6. The monoisotopic (exact) mass is 407 g/mol. The number of aliphatic imine (C=N–C) groups is 1. The number of rotatable bonds is 14. The molecule has 0 amide bonds. The summed E-state index contributed by atoms with van der Waals surface area (Å²) < 4.78 is 5.10. The van der Waals surface area contributed by atoms with Crippen LogP contribution in [0.2, 0.25) is 0 Å². The maximum absolute atomic E-state index is 10.8. The number of ether oxygens (including phenoxy) is 1. The van der Waals surface area contributed by atoms with Crippen molar-refractivity contribution in [2.75, 3.05) is 39.9 Å². The van der Waals surface area contributed by atoms with E-state index in [1.165, 1.54) is 12.1 Å². The Hall–Kier alpha value is -2.19. The Morgan fingerprint density at radius 3 is 2.52 bits per heavy atom. The lowest BCUT2D eigenvalue weighted by molar-refractivity contribution is -0.384. The van der Waals surface area contributed by atoms with Gasteiger partial charge in [0.2, 0.25) is 0 Å². The second kappa shape index (κ2) is 14.8. The van der Waals surface area contributed by atoms with Gasteiger partial charge in [0, 0.05) is 38.4 Å². The summed E-state index contributed by atoms with van der Waals surface area (Å²) in [5.74, 6) is 0.759. The van der Waals surface area contributed by atoms with Gasteiger partial charge in [0.15, 0.2) is 5.96 Å². The molecule has 0 aromatic heterocycles. The van der Waals surface area contributed by atoms with Crippen LogP contribution in [0.3, 0.4) is 0 Å². The fourth-order valence-electron chi connectivity index (χ4n) is 2.94. The van der Waals surface area contributed by atoms with Crippen LogP contribution in [0.25, 0.3) is 0 Å². The number of guanidine groups is 1. The molecule has 1 rings (SSSR count). The fraction of sp³-hybridized carbons (Fsp3) is 0.667. The summed E-state index contributed by atoms with van der Waals surface area (Å²) in [6.07, 6.45) is 3.09. The van der Waals surface area contributed by atoms with Gasteiger partial charge in [0.1, 0.15) is 0 Å². The van der Waals surface area contributed by atoms with E-state index in [2.05, 4.69) is 41.3 Å². The van der Waals surface area contributed by atoms with Gasteiger partial charge in [0.25, 0.3) is 5.69 Å². The highest BCUT2D eigenvalue weighted by Gasteiger charge is 2.08. The SMILES string of the molecule is CCN(CC)CCCC(C)NC(=NCc1ccc([N+](=O)[O-])cc1)NCCCOC. The average molecular weight is 408 g/mol. The van der Waals surface area contributed by atoms with Crippen molar-refractivity contribution < 1.29 is 9.66 Å². The molecule has 0 radical (unpaired) electrons. The van der Waals surface area contributed by atoms with E-state index in [-0.39, 0.29) is 5.69 Å². The van der Waals surface area contributed by atoms with E-state index in [0.717, 1.165) is 57.0 Å². The zero-order chi connectivity index (χ0) is 21.5. The van der Waals surface area contributed by atoms with E-state index in [9.17, 15) is 10.1 Å². The predicted molar refractivity (Wildman–Crippen MR) is 118 cm³/mol. The van der Waals surface area contributed by atoms with Gasteiger partial charge in [-0.2, -0.15) is 0 Å². The second-order valence-corrected chi connectivity index (χ2v) is 7.08. The second-order valence-electron chi connectivity index (χ2n) is 7.08. The Kier molecular flexibility index (Phi) is 12.6. The summed E-state index contributed by atoms with van der Waals surface area (Å²) in [6, 6.07) is 6.82. The highest BCUT2D eigenvalue weighted by Crippen LogP contribution is 2.12. The molecular formula is C21H37N5O3. The third-order valence-electron chi connectivity index (χ3n) is 4.77. The number of nitrogens with one attached hydrogen (secondary N) is 2. The molecule has 0 spiro atoms. The summed E-state index contributed by atoms with van der Waals surface area (Å²) in [5.41, 5.74) is 1.03. The van der Waals surface area contributed by atoms with Crippen LogP contribution in [-0.2, 0) is 11.3 Å². The molecule has 0 fully saturated rings. The van der Waals surface area contributed by atoms with Gasteiger partial charge < -0.3 is 20.3 Å².